The van der Waals surface area contributed by atoms with E-state index in [4.69, 9.17) is 10.3 Å². The van der Waals surface area contributed by atoms with E-state index >= 15 is 0 Å². The fourth-order valence-electron chi connectivity index (χ4n) is 1.58. The zero-order chi connectivity index (χ0) is 13.2. The van der Waals surface area contributed by atoms with E-state index in [1.54, 1.807) is 0 Å². The zero-order valence-electron chi connectivity index (χ0n) is 9.61. The third-order valence-corrected chi connectivity index (χ3v) is 2.64. The monoisotopic (exact) mass is 265 g/mol. The van der Waals surface area contributed by atoms with Crippen LogP contribution < -0.4 is 5.73 Å². The van der Waals surface area contributed by atoms with Crippen LogP contribution in [0.25, 0.3) is 0 Å². The quantitative estimate of drug-likeness (QED) is 0.842. The third-order valence-electron chi connectivity index (χ3n) is 2.64. The number of alkyl halides is 3. The molecule has 0 saturated heterocycles. The van der Waals surface area contributed by atoms with Crippen molar-refractivity contribution in [3.05, 3.63) is 11.7 Å². The highest BCUT2D eigenvalue weighted by Crippen LogP contribution is 2.32. The van der Waals surface area contributed by atoms with Gasteiger partial charge in [0.05, 0.1) is 0 Å². The van der Waals surface area contributed by atoms with Gasteiger partial charge in [0.2, 0.25) is 5.89 Å². The number of hydrogen-bond donors (Lipinski definition) is 1. The van der Waals surface area contributed by atoms with Crippen LogP contribution in [-0.4, -0.2) is 29.0 Å². The average Bonchev–Trinajstić information content (AvgIpc) is 3.01. The van der Waals surface area contributed by atoms with Crippen molar-refractivity contribution in [1.82, 2.24) is 10.1 Å². The van der Waals surface area contributed by atoms with E-state index in [2.05, 4.69) is 14.9 Å². The molecule has 1 fully saturated rings. The zero-order valence-corrected chi connectivity index (χ0v) is 9.61. The van der Waals surface area contributed by atoms with Crippen LogP contribution in [0.3, 0.4) is 0 Å². The van der Waals surface area contributed by atoms with Gasteiger partial charge in [0.15, 0.2) is 5.82 Å². The Hall–Kier alpha value is -1.15. The van der Waals surface area contributed by atoms with E-state index in [9.17, 15) is 13.2 Å². The first-order valence-electron chi connectivity index (χ1n) is 5.65. The predicted octanol–water partition coefficient (Wildman–Crippen LogP) is 1.43. The molecule has 8 heteroatoms. The molecule has 0 aromatic carbocycles. The lowest BCUT2D eigenvalue weighted by molar-refractivity contribution is -0.177. The van der Waals surface area contributed by atoms with Crippen LogP contribution >= 0.6 is 0 Å². The van der Waals surface area contributed by atoms with Gasteiger partial charge in [0.25, 0.3) is 0 Å². The molecule has 0 radical (unpaired) electrons. The number of aromatic nitrogens is 2. The molecular formula is C10H14F3N3O2. The van der Waals surface area contributed by atoms with Crippen LogP contribution in [0, 0.1) is 5.92 Å². The van der Waals surface area contributed by atoms with Crippen molar-refractivity contribution in [3.8, 4) is 0 Å². The Morgan fingerprint density at radius 3 is 2.78 bits per heavy atom. The van der Waals surface area contributed by atoms with Gasteiger partial charge >= 0.3 is 6.18 Å². The lowest BCUT2D eigenvalue weighted by Crippen LogP contribution is -2.25. The number of hydrogen-bond acceptors (Lipinski definition) is 5. The first-order chi connectivity index (χ1) is 8.44. The lowest BCUT2D eigenvalue weighted by Gasteiger charge is -2.05. The van der Waals surface area contributed by atoms with E-state index < -0.39 is 12.8 Å². The number of rotatable bonds is 6. The molecule has 102 valence electrons. The number of halogens is 3. The Morgan fingerprint density at radius 1 is 1.44 bits per heavy atom. The molecule has 1 aliphatic carbocycles. The van der Waals surface area contributed by atoms with Crippen LogP contribution in [-0.2, 0) is 17.8 Å². The Kier molecular flexibility index (Phi) is 3.86. The highest BCUT2D eigenvalue weighted by atomic mass is 19.4. The fourth-order valence-corrected chi connectivity index (χ4v) is 1.58. The molecule has 0 spiro atoms. The van der Waals surface area contributed by atoms with Gasteiger partial charge in [-0.15, -0.1) is 0 Å². The molecule has 2 N–H and O–H groups in total. The minimum atomic E-state index is -4.35. The lowest BCUT2D eigenvalue weighted by atomic mass is 10.1. The van der Waals surface area contributed by atoms with E-state index in [-0.39, 0.29) is 18.5 Å². The first kappa shape index (κ1) is 13.3. The van der Waals surface area contributed by atoms with Gasteiger partial charge < -0.3 is 15.0 Å². The van der Waals surface area contributed by atoms with E-state index in [0.29, 0.717) is 18.2 Å². The van der Waals surface area contributed by atoms with Crippen LogP contribution in [0.1, 0.15) is 24.6 Å². The molecule has 1 atom stereocenters. The maximum Gasteiger partial charge on any atom is 0.411 e. The fraction of sp³-hybridized carbons (Fsp3) is 0.800. The summed E-state index contributed by atoms with van der Waals surface area (Å²) in [4.78, 5) is 3.93. The van der Waals surface area contributed by atoms with Gasteiger partial charge in [-0.3, -0.25) is 0 Å². The summed E-state index contributed by atoms with van der Waals surface area (Å²) in [5.41, 5.74) is 5.87. The number of nitrogens with zero attached hydrogens (tertiary/aromatic N) is 2. The van der Waals surface area contributed by atoms with Crippen molar-refractivity contribution in [3.63, 3.8) is 0 Å². The molecular weight excluding hydrogens is 251 g/mol. The summed E-state index contributed by atoms with van der Waals surface area (Å²) < 4.78 is 44.8. The summed E-state index contributed by atoms with van der Waals surface area (Å²) in [5.74, 6) is 0.957. The van der Waals surface area contributed by atoms with Gasteiger partial charge in [0, 0.05) is 12.5 Å². The summed E-state index contributed by atoms with van der Waals surface area (Å²) in [7, 11) is 0. The molecule has 1 heterocycles. The number of nitrogens with two attached hydrogens (primary N) is 1. The second-order valence-corrected chi connectivity index (χ2v) is 4.42. The summed E-state index contributed by atoms with van der Waals surface area (Å²) in [6.45, 7) is -1.64. The van der Waals surface area contributed by atoms with Gasteiger partial charge in [0.1, 0.15) is 13.2 Å². The smallest absolute Gasteiger partial charge is 0.364 e. The van der Waals surface area contributed by atoms with Crippen LogP contribution in [0.15, 0.2) is 4.52 Å². The van der Waals surface area contributed by atoms with E-state index in [0.717, 1.165) is 12.8 Å². The highest BCUT2D eigenvalue weighted by Gasteiger charge is 2.30. The molecule has 1 aliphatic rings. The first-order valence-corrected chi connectivity index (χ1v) is 5.65. The van der Waals surface area contributed by atoms with Crippen molar-refractivity contribution in [2.45, 2.75) is 38.1 Å². The Balaban J connectivity index is 1.75. The van der Waals surface area contributed by atoms with Gasteiger partial charge in [-0.25, -0.2) is 0 Å². The second-order valence-electron chi connectivity index (χ2n) is 4.42. The average molecular weight is 265 g/mol. The maximum absolute atomic E-state index is 11.8. The predicted molar refractivity (Wildman–Crippen MR) is 54.4 cm³/mol. The molecule has 5 nitrogen and oxygen atoms in total. The van der Waals surface area contributed by atoms with Crippen LogP contribution in [0.4, 0.5) is 13.2 Å². The maximum atomic E-state index is 11.8. The second kappa shape index (κ2) is 5.23. The van der Waals surface area contributed by atoms with Crippen molar-refractivity contribution in [1.29, 1.82) is 0 Å². The molecule has 1 saturated carbocycles. The molecule has 2 rings (SSSR count). The molecule has 1 aromatic rings. The van der Waals surface area contributed by atoms with Crippen LogP contribution in [0.5, 0.6) is 0 Å². The SMILES string of the molecule is NC(Cc1nc(COCC(F)(F)F)no1)C1CC1. The Bertz CT molecular complexity index is 390. The van der Waals surface area contributed by atoms with E-state index in [1.165, 1.54) is 0 Å². The molecule has 0 bridgehead atoms. The molecule has 18 heavy (non-hydrogen) atoms. The molecule has 0 aliphatic heterocycles. The summed E-state index contributed by atoms with van der Waals surface area (Å²) in [6.07, 6.45) is -1.68. The number of ether oxygens (including phenoxy) is 1. The topological polar surface area (TPSA) is 74.2 Å². The minimum absolute atomic E-state index is 0.0191. The van der Waals surface area contributed by atoms with Crippen molar-refractivity contribution < 1.29 is 22.4 Å². The summed E-state index contributed by atoms with van der Waals surface area (Å²) in [6, 6.07) is -0.0191. The normalized spacial score (nSPS) is 18.0. The molecule has 0 amide bonds. The van der Waals surface area contributed by atoms with Gasteiger partial charge in [-0.2, -0.15) is 18.2 Å². The molecule has 1 unspecified atom stereocenters. The van der Waals surface area contributed by atoms with Crippen molar-refractivity contribution >= 4 is 0 Å². The Labute approximate surface area is 101 Å². The van der Waals surface area contributed by atoms with Gasteiger partial charge in [-0.1, -0.05) is 5.16 Å². The molecule has 1 aromatic heterocycles. The van der Waals surface area contributed by atoms with E-state index in [1.807, 2.05) is 0 Å². The largest absolute Gasteiger partial charge is 0.411 e. The highest BCUT2D eigenvalue weighted by molar-refractivity contribution is 4.93. The Morgan fingerprint density at radius 2 is 2.17 bits per heavy atom. The standard InChI is InChI=1S/C10H14F3N3O2/c11-10(12,13)5-17-4-8-15-9(18-16-8)3-7(14)6-1-2-6/h6-7H,1-5,14H2. The summed E-state index contributed by atoms with van der Waals surface area (Å²) in [5, 5.41) is 3.53. The van der Waals surface area contributed by atoms with Crippen molar-refractivity contribution in [2.75, 3.05) is 6.61 Å². The van der Waals surface area contributed by atoms with Crippen LogP contribution in [0.2, 0.25) is 0 Å². The van der Waals surface area contributed by atoms with Crippen molar-refractivity contribution in [2.24, 2.45) is 11.7 Å². The summed E-state index contributed by atoms with van der Waals surface area (Å²) >= 11 is 0. The van der Waals surface area contributed by atoms with Gasteiger partial charge in [-0.05, 0) is 18.8 Å². The minimum Gasteiger partial charge on any atom is -0.364 e. The third kappa shape index (κ3) is 4.26.